The molecule has 0 radical (unpaired) electrons. The molecule has 5 nitrogen and oxygen atoms in total. The highest BCUT2D eigenvalue weighted by Crippen LogP contribution is 2.23. The zero-order chi connectivity index (χ0) is 17.1. The topological polar surface area (TPSA) is 47.0 Å². The van der Waals surface area contributed by atoms with Gasteiger partial charge in [0.1, 0.15) is 5.75 Å². The summed E-state index contributed by atoms with van der Waals surface area (Å²) in [5.41, 5.74) is 1.14. The van der Waals surface area contributed by atoms with Crippen LogP contribution in [0.1, 0.15) is 33.1 Å². The maximum absolute atomic E-state index is 12.7. The summed E-state index contributed by atoms with van der Waals surface area (Å²) < 4.78 is 0. The average molecular weight is 331 g/mol. The number of benzene rings is 1. The van der Waals surface area contributed by atoms with E-state index in [4.69, 9.17) is 0 Å². The number of phenolic OH excluding ortho intramolecular Hbond substituents is 1. The van der Waals surface area contributed by atoms with E-state index >= 15 is 0 Å². The maximum Gasteiger partial charge on any atom is 0.237 e. The third kappa shape index (κ3) is 3.83. The first-order valence-electron chi connectivity index (χ1n) is 9.12. The fourth-order valence-electron chi connectivity index (χ4n) is 4.01. The Balaban J connectivity index is 1.51. The van der Waals surface area contributed by atoms with Crippen LogP contribution in [0.3, 0.4) is 0 Å². The van der Waals surface area contributed by atoms with Crippen LogP contribution in [0.2, 0.25) is 0 Å². The summed E-state index contributed by atoms with van der Waals surface area (Å²) >= 11 is 0. The van der Waals surface area contributed by atoms with Gasteiger partial charge in [0.15, 0.2) is 0 Å². The smallest absolute Gasteiger partial charge is 0.237 e. The number of piperidine rings is 1. The fraction of sp³-hybridized carbons (Fsp3) is 0.632. The Bertz CT molecular complexity index is 542. The van der Waals surface area contributed by atoms with E-state index in [1.54, 1.807) is 12.1 Å². The molecule has 0 unspecified atom stereocenters. The van der Waals surface area contributed by atoms with E-state index in [1.807, 2.05) is 12.1 Å². The molecule has 1 aromatic rings. The van der Waals surface area contributed by atoms with Gasteiger partial charge in [-0.05, 0) is 57.4 Å². The maximum atomic E-state index is 12.7. The number of aromatic hydroxyl groups is 1. The lowest BCUT2D eigenvalue weighted by Crippen LogP contribution is -2.54. The molecule has 2 heterocycles. The van der Waals surface area contributed by atoms with Gasteiger partial charge in [0.2, 0.25) is 5.91 Å². The van der Waals surface area contributed by atoms with E-state index in [0.29, 0.717) is 24.4 Å². The van der Waals surface area contributed by atoms with Crippen LogP contribution < -0.4 is 4.90 Å². The zero-order valence-corrected chi connectivity index (χ0v) is 14.8. The third-order valence-electron chi connectivity index (χ3n) is 5.43. The van der Waals surface area contributed by atoms with Crippen molar-refractivity contribution in [1.29, 1.82) is 0 Å². The normalized spacial score (nSPS) is 25.8. The Morgan fingerprint density at radius 1 is 1.04 bits per heavy atom. The van der Waals surface area contributed by atoms with Gasteiger partial charge in [0.05, 0.1) is 6.54 Å². The van der Waals surface area contributed by atoms with Crippen molar-refractivity contribution in [2.75, 3.05) is 37.6 Å². The van der Waals surface area contributed by atoms with Crippen LogP contribution in [0.4, 0.5) is 5.69 Å². The molecule has 1 N–H and O–H groups in total. The molecule has 2 saturated heterocycles. The highest BCUT2D eigenvalue weighted by Gasteiger charge is 2.30. The van der Waals surface area contributed by atoms with Gasteiger partial charge in [-0.1, -0.05) is 0 Å². The summed E-state index contributed by atoms with van der Waals surface area (Å²) in [5.74, 6) is 0.584. The molecule has 2 fully saturated rings. The van der Waals surface area contributed by atoms with E-state index in [9.17, 15) is 9.90 Å². The highest BCUT2D eigenvalue weighted by atomic mass is 16.3. The van der Waals surface area contributed by atoms with Gasteiger partial charge >= 0.3 is 0 Å². The van der Waals surface area contributed by atoms with Crippen molar-refractivity contribution in [2.24, 2.45) is 0 Å². The minimum atomic E-state index is 0.285. The number of carbonyl (C=O) groups is 1. The van der Waals surface area contributed by atoms with E-state index < -0.39 is 0 Å². The molecule has 0 saturated carbocycles. The van der Waals surface area contributed by atoms with Gasteiger partial charge < -0.3 is 14.9 Å². The van der Waals surface area contributed by atoms with E-state index in [-0.39, 0.29) is 5.91 Å². The first-order valence-corrected chi connectivity index (χ1v) is 9.12. The molecule has 2 atom stereocenters. The quantitative estimate of drug-likeness (QED) is 0.923. The summed E-state index contributed by atoms with van der Waals surface area (Å²) in [6, 6.07) is 8.11. The second-order valence-corrected chi connectivity index (χ2v) is 7.21. The fourth-order valence-corrected chi connectivity index (χ4v) is 4.01. The van der Waals surface area contributed by atoms with Gasteiger partial charge in [0, 0.05) is 44.0 Å². The molecule has 0 aromatic heterocycles. The van der Waals surface area contributed by atoms with Gasteiger partial charge in [-0.25, -0.2) is 0 Å². The number of nitrogens with zero attached hydrogens (tertiary/aromatic N) is 3. The molecule has 5 heteroatoms. The van der Waals surface area contributed by atoms with Gasteiger partial charge in [0.25, 0.3) is 0 Å². The summed E-state index contributed by atoms with van der Waals surface area (Å²) in [5, 5.41) is 9.39. The van der Waals surface area contributed by atoms with E-state index in [0.717, 1.165) is 44.7 Å². The van der Waals surface area contributed by atoms with Crippen molar-refractivity contribution in [3.8, 4) is 5.75 Å². The number of rotatable bonds is 3. The Morgan fingerprint density at radius 3 is 2.21 bits per heavy atom. The average Bonchev–Trinajstić information content (AvgIpc) is 2.56. The highest BCUT2D eigenvalue weighted by molar-refractivity contribution is 5.79. The molecule has 2 aliphatic heterocycles. The van der Waals surface area contributed by atoms with Crippen molar-refractivity contribution in [1.82, 2.24) is 9.80 Å². The second kappa shape index (κ2) is 7.43. The first kappa shape index (κ1) is 17.1. The van der Waals surface area contributed by atoms with Crippen LogP contribution in [0, 0.1) is 0 Å². The molecule has 2 aliphatic rings. The van der Waals surface area contributed by atoms with Crippen LogP contribution in [0.5, 0.6) is 5.75 Å². The lowest BCUT2D eigenvalue weighted by molar-refractivity contribution is -0.138. The number of carbonyl (C=O) groups excluding carboxylic acids is 1. The Morgan fingerprint density at radius 2 is 1.62 bits per heavy atom. The van der Waals surface area contributed by atoms with E-state index in [1.165, 1.54) is 6.42 Å². The summed E-state index contributed by atoms with van der Waals surface area (Å²) in [6.07, 6.45) is 3.49. The lowest BCUT2D eigenvalue weighted by Gasteiger charge is -2.41. The summed E-state index contributed by atoms with van der Waals surface area (Å²) in [7, 11) is 0. The minimum Gasteiger partial charge on any atom is -0.508 e. The lowest BCUT2D eigenvalue weighted by atomic mass is 9.97. The van der Waals surface area contributed by atoms with Crippen molar-refractivity contribution in [2.45, 2.75) is 45.2 Å². The molecule has 3 rings (SSSR count). The monoisotopic (exact) mass is 331 g/mol. The predicted octanol–water partition coefficient (Wildman–Crippen LogP) is 2.30. The molecule has 1 aromatic carbocycles. The van der Waals surface area contributed by atoms with Crippen molar-refractivity contribution >= 4 is 11.6 Å². The van der Waals surface area contributed by atoms with Crippen molar-refractivity contribution in [3.05, 3.63) is 24.3 Å². The SMILES string of the molecule is C[C@@H]1CCC[C@@H](C)N1C(=O)CN1CCN(c2ccc(O)cc2)CC1. The molecular formula is C19H29N3O2. The van der Waals surface area contributed by atoms with Crippen LogP contribution in [-0.2, 0) is 4.79 Å². The number of anilines is 1. The molecule has 0 aliphatic carbocycles. The third-order valence-corrected chi connectivity index (χ3v) is 5.43. The number of amides is 1. The van der Waals surface area contributed by atoms with Crippen molar-refractivity contribution in [3.63, 3.8) is 0 Å². The molecular weight excluding hydrogens is 302 g/mol. The first-order chi connectivity index (χ1) is 11.5. The summed E-state index contributed by atoms with van der Waals surface area (Å²) in [6.45, 7) is 8.55. The standard InChI is InChI=1S/C19H29N3O2/c1-15-4-3-5-16(2)22(15)19(24)14-20-10-12-21(13-11-20)17-6-8-18(23)9-7-17/h6-9,15-16,23H,3-5,10-14H2,1-2H3/t15-,16-/m1/s1. The minimum absolute atomic E-state index is 0.285. The Kier molecular flexibility index (Phi) is 5.29. The van der Waals surface area contributed by atoms with Crippen LogP contribution >= 0.6 is 0 Å². The number of piperazine rings is 1. The number of hydrogen-bond donors (Lipinski definition) is 1. The molecule has 1 amide bonds. The molecule has 132 valence electrons. The van der Waals surface area contributed by atoms with Gasteiger partial charge in [-0.3, -0.25) is 9.69 Å². The van der Waals surface area contributed by atoms with Crippen LogP contribution in [0.25, 0.3) is 0 Å². The number of phenols is 1. The Labute approximate surface area is 144 Å². The van der Waals surface area contributed by atoms with Crippen molar-refractivity contribution < 1.29 is 9.90 Å². The number of likely N-dealkylation sites (tertiary alicyclic amines) is 1. The summed E-state index contributed by atoms with van der Waals surface area (Å²) in [4.78, 5) is 19.4. The molecule has 24 heavy (non-hydrogen) atoms. The molecule has 0 bridgehead atoms. The predicted molar refractivity (Wildman–Crippen MR) is 96.4 cm³/mol. The Hall–Kier alpha value is -1.75. The van der Waals surface area contributed by atoms with E-state index in [2.05, 4.69) is 28.5 Å². The van der Waals surface area contributed by atoms with Crippen LogP contribution in [-0.4, -0.2) is 65.6 Å². The van der Waals surface area contributed by atoms with Gasteiger partial charge in [-0.2, -0.15) is 0 Å². The second-order valence-electron chi connectivity index (χ2n) is 7.21. The number of hydrogen-bond acceptors (Lipinski definition) is 4. The zero-order valence-electron chi connectivity index (χ0n) is 14.8. The van der Waals surface area contributed by atoms with Crippen LogP contribution in [0.15, 0.2) is 24.3 Å². The molecule has 0 spiro atoms. The largest absolute Gasteiger partial charge is 0.508 e. The van der Waals surface area contributed by atoms with Gasteiger partial charge in [-0.15, -0.1) is 0 Å².